The molecule has 11 aromatic rings. The third-order valence-corrected chi connectivity index (χ3v) is 17.6. The number of furan rings is 1. The monoisotopic (exact) mass is 803 g/mol. The van der Waals surface area contributed by atoms with E-state index in [0.717, 1.165) is 94.6 Å². The van der Waals surface area contributed by atoms with Crippen molar-refractivity contribution in [3.8, 4) is 45.3 Å². The molecule has 3 aliphatic heterocycles. The molecular formula is C54H30NO3PS. The molecular weight excluding hydrogens is 774 g/mol. The van der Waals surface area contributed by atoms with Crippen LogP contribution in [-0.2, 0) is 11.8 Å². The van der Waals surface area contributed by atoms with Crippen molar-refractivity contribution in [1.29, 1.82) is 0 Å². The number of nitrogens with zero attached hydrogens (tertiary/aromatic N) is 1. The summed E-state index contributed by atoms with van der Waals surface area (Å²) in [5.74, 6) is 3.20. The number of hydrogen-bond donors (Lipinski definition) is 0. The summed E-state index contributed by atoms with van der Waals surface area (Å²) >= 11 is 7.07. The van der Waals surface area contributed by atoms with Crippen molar-refractivity contribution in [1.82, 2.24) is 0 Å². The van der Waals surface area contributed by atoms with Crippen LogP contribution >= 0.6 is 6.04 Å². The molecule has 0 amide bonds. The summed E-state index contributed by atoms with van der Waals surface area (Å²) in [4.78, 5) is 2.36. The lowest BCUT2D eigenvalue weighted by atomic mass is 9.85. The Bertz CT molecular complexity index is 3720. The Kier molecular flexibility index (Phi) is 6.40. The number of anilines is 3. The molecule has 14 rings (SSSR count). The summed E-state index contributed by atoms with van der Waals surface area (Å²) < 4.78 is 20.1. The van der Waals surface area contributed by atoms with Gasteiger partial charge in [0.1, 0.15) is 34.2 Å². The lowest BCUT2D eigenvalue weighted by molar-refractivity contribution is 0.466. The largest absolute Gasteiger partial charge is 0.456 e. The Morgan fingerprint density at radius 2 is 0.950 bits per heavy atom. The molecule has 0 N–H and O–H groups in total. The highest BCUT2D eigenvalue weighted by atomic mass is 32.4. The average molecular weight is 804 g/mol. The quantitative estimate of drug-likeness (QED) is 0.131. The molecule has 0 bridgehead atoms. The Labute approximate surface area is 349 Å². The number of ether oxygens (including phenoxy) is 2. The third kappa shape index (κ3) is 4.23. The van der Waals surface area contributed by atoms with Crippen molar-refractivity contribution in [2.75, 3.05) is 4.90 Å². The number of rotatable bonds is 3. The van der Waals surface area contributed by atoms with E-state index >= 15 is 0 Å². The van der Waals surface area contributed by atoms with E-state index in [0.29, 0.717) is 0 Å². The Morgan fingerprint density at radius 1 is 0.383 bits per heavy atom. The van der Waals surface area contributed by atoms with E-state index in [4.69, 9.17) is 25.7 Å². The van der Waals surface area contributed by atoms with Crippen LogP contribution in [0, 0.1) is 0 Å². The Balaban J connectivity index is 1.06. The first-order chi connectivity index (χ1) is 29.6. The van der Waals surface area contributed by atoms with Crippen LogP contribution in [0.4, 0.5) is 17.1 Å². The molecule has 0 spiro atoms. The van der Waals surface area contributed by atoms with E-state index in [1.807, 2.05) is 18.2 Å². The lowest BCUT2D eigenvalue weighted by Gasteiger charge is -2.45. The summed E-state index contributed by atoms with van der Waals surface area (Å²) in [6.07, 6.45) is 0. The number of benzene rings is 10. The summed E-state index contributed by atoms with van der Waals surface area (Å²) in [6.45, 7) is 0. The molecule has 0 fully saturated rings. The second-order valence-electron chi connectivity index (χ2n) is 15.9. The van der Waals surface area contributed by atoms with Gasteiger partial charge in [0.25, 0.3) is 0 Å². The highest BCUT2D eigenvalue weighted by Crippen LogP contribution is 2.65. The van der Waals surface area contributed by atoms with Crippen molar-refractivity contribution in [3.05, 3.63) is 182 Å². The molecule has 1 unspecified atom stereocenters. The molecule has 60 heavy (non-hydrogen) atoms. The zero-order valence-corrected chi connectivity index (χ0v) is 33.6. The summed E-state index contributed by atoms with van der Waals surface area (Å²) in [5.41, 5.74) is 9.51. The van der Waals surface area contributed by atoms with E-state index in [1.165, 1.54) is 37.9 Å². The standard InChI is InChI=1S/C54H30NO3PS/c60-59-52-42-20-10-21-45(52)57-46-22-11-23-47(54(46)59)58-49-30-34(28-43(53(49)59)55(42)35-14-2-1-3-15-35)51-38-18-8-6-16-36(38)50(37-17-7-9-19-39(37)51)33-24-25-44-40(27-33)41-26-31-12-4-5-13-32(31)29-48(41)56-44/h1-30H. The maximum Gasteiger partial charge on any atom is 0.140 e. The normalized spacial score (nSPS) is 15.7. The topological polar surface area (TPSA) is 34.8 Å². The minimum Gasteiger partial charge on any atom is -0.456 e. The maximum absolute atomic E-state index is 7.07. The molecule has 0 saturated heterocycles. The van der Waals surface area contributed by atoms with Gasteiger partial charge in [-0.2, -0.15) is 0 Å². The van der Waals surface area contributed by atoms with E-state index in [-0.39, 0.29) is 0 Å². The maximum atomic E-state index is 7.07. The van der Waals surface area contributed by atoms with Gasteiger partial charge in [-0.05, 0) is 127 Å². The van der Waals surface area contributed by atoms with Crippen LogP contribution in [0.1, 0.15) is 0 Å². The molecule has 10 aromatic carbocycles. The van der Waals surface area contributed by atoms with E-state index in [2.05, 4.69) is 169 Å². The van der Waals surface area contributed by atoms with Crippen molar-refractivity contribution in [2.45, 2.75) is 0 Å². The van der Waals surface area contributed by atoms with Gasteiger partial charge >= 0.3 is 0 Å². The van der Waals surface area contributed by atoms with Gasteiger partial charge in [0.05, 0.1) is 33.3 Å². The van der Waals surface area contributed by atoms with Gasteiger partial charge in [-0.1, -0.05) is 121 Å². The molecule has 0 radical (unpaired) electrons. The highest BCUT2D eigenvalue weighted by molar-refractivity contribution is 8.26. The van der Waals surface area contributed by atoms with Gasteiger partial charge in [0, 0.05) is 16.5 Å². The molecule has 1 atom stereocenters. The molecule has 6 heteroatoms. The minimum absolute atomic E-state index is 0.778. The van der Waals surface area contributed by atoms with Gasteiger partial charge in [-0.3, -0.25) is 0 Å². The van der Waals surface area contributed by atoms with Gasteiger partial charge in [0.15, 0.2) is 0 Å². The average Bonchev–Trinajstić information content (AvgIpc) is 3.64. The fourth-order valence-corrected chi connectivity index (χ4v) is 15.3. The highest BCUT2D eigenvalue weighted by Gasteiger charge is 2.50. The number of fused-ring (bicyclic) bond motifs is 6. The second kappa shape index (κ2) is 11.7. The molecule has 0 saturated carbocycles. The van der Waals surface area contributed by atoms with Crippen LogP contribution in [0.3, 0.4) is 0 Å². The third-order valence-electron chi connectivity index (χ3n) is 12.7. The summed E-state index contributed by atoms with van der Waals surface area (Å²) in [5, 5.41) is 12.5. The first-order valence-electron chi connectivity index (χ1n) is 20.2. The van der Waals surface area contributed by atoms with Crippen LogP contribution in [0.2, 0.25) is 0 Å². The number of para-hydroxylation sites is 1. The van der Waals surface area contributed by atoms with E-state index in [1.54, 1.807) is 0 Å². The fourth-order valence-electron chi connectivity index (χ4n) is 10.3. The van der Waals surface area contributed by atoms with E-state index < -0.39 is 6.04 Å². The van der Waals surface area contributed by atoms with Gasteiger partial charge in [-0.25, -0.2) is 0 Å². The second-order valence-corrected chi connectivity index (χ2v) is 20.1. The summed E-state index contributed by atoms with van der Waals surface area (Å²) in [7, 11) is 0. The summed E-state index contributed by atoms with van der Waals surface area (Å²) in [6, 6.07) is 62.3. The smallest absolute Gasteiger partial charge is 0.140 e. The number of hydrogen-bond acceptors (Lipinski definition) is 5. The molecule has 280 valence electrons. The van der Waals surface area contributed by atoms with E-state index in [9.17, 15) is 0 Å². The molecule has 3 aliphatic rings. The van der Waals surface area contributed by atoms with Crippen LogP contribution in [-0.4, -0.2) is 0 Å². The first kappa shape index (κ1) is 32.7. The van der Waals surface area contributed by atoms with Crippen LogP contribution in [0.15, 0.2) is 186 Å². The van der Waals surface area contributed by atoms with Crippen LogP contribution in [0.5, 0.6) is 23.0 Å². The van der Waals surface area contributed by atoms with Gasteiger partial charge < -0.3 is 18.8 Å². The minimum atomic E-state index is -2.61. The van der Waals surface area contributed by atoms with Crippen LogP contribution in [0.25, 0.3) is 76.5 Å². The fraction of sp³-hybridized carbons (Fsp3) is 0. The zero-order valence-electron chi connectivity index (χ0n) is 31.8. The van der Waals surface area contributed by atoms with Crippen molar-refractivity contribution < 1.29 is 13.9 Å². The Hall–Kier alpha value is -7.17. The molecule has 1 aromatic heterocycles. The van der Waals surface area contributed by atoms with Crippen molar-refractivity contribution >= 4 is 105 Å². The predicted molar refractivity (Wildman–Crippen MR) is 252 cm³/mol. The van der Waals surface area contributed by atoms with Crippen LogP contribution < -0.4 is 30.3 Å². The molecule has 4 nitrogen and oxygen atoms in total. The predicted octanol–water partition coefficient (Wildman–Crippen LogP) is 14.1. The SMILES string of the molecule is S=P12c3c4cccc3Oc3cc(-c5c6ccccc6c(-c6ccc7oc8cc9ccccc9cc8c7c6)c6ccccc56)cc(c31)N(c1ccccc1)c1cccc(c12)O4. The van der Waals surface area contributed by atoms with Gasteiger partial charge in [0.2, 0.25) is 0 Å². The molecule has 0 aliphatic carbocycles. The Morgan fingerprint density at radius 3 is 1.67 bits per heavy atom. The molecule has 4 heterocycles. The van der Waals surface area contributed by atoms with Crippen molar-refractivity contribution in [3.63, 3.8) is 0 Å². The zero-order chi connectivity index (χ0) is 39.3. The first-order valence-corrected chi connectivity index (χ1v) is 23.0. The van der Waals surface area contributed by atoms with Crippen molar-refractivity contribution in [2.24, 2.45) is 0 Å². The lowest BCUT2D eigenvalue weighted by Crippen LogP contribution is -2.42. The van der Waals surface area contributed by atoms with Gasteiger partial charge in [-0.15, -0.1) is 0 Å².